The minimum absolute atomic E-state index is 0.0613. The van der Waals surface area contributed by atoms with Gasteiger partial charge in [0, 0.05) is 6.54 Å². The van der Waals surface area contributed by atoms with Gasteiger partial charge in [0.05, 0.1) is 0 Å². The minimum atomic E-state index is -0.0863. The second-order valence-electron chi connectivity index (χ2n) is 4.84. The molecule has 0 saturated carbocycles. The summed E-state index contributed by atoms with van der Waals surface area (Å²) in [6, 6.07) is 17.9. The van der Waals surface area contributed by atoms with E-state index in [0.717, 1.165) is 24.2 Å². The molecule has 0 aliphatic carbocycles. The zero-order valence-electron chi connectivity index (χ0n) is 12.3. The van der Waals surface area contributed by atoms with Gasteiger partial charge in [-0.3, -0.25) is 4.79 Å². The molecule has 0 radical (unpaired) electrons. The summed E-state index contributed by atoms with van der Waals surface area (Å²) in [6.45, 7) is 2.76. The molecule has 0 unspecified atom stereocenters. The fourth-order valence-electron chi connectivity index (χ4n) is 2.12. The Morgan fingerprint density at radius 2 is 1.76 bits per heavy atom. The van der Waals surface area contributed by atoms with Gasteiger partial charge in [-0.2, -0.15) is 0 Å². The lowest BCUT2D eigenvalue weighted by atomic mass is 10.1. The van der Waals surface area contributed by atoms with Crippen LogP contribution in [0.3, 0.4) is 0 Å². The average molecular weight is 283 g/mol. The van der Waals surface area contributed by atoms with E-state index in [0.29, 0.717) is 6.54 Å². The predicted molar refractivity (Wildman–Crippen MR) is 84.5 cm³/mol. The summed E-state index contributed by atoms with van der Waals surface area (Å²) in [7, 11) is 0. The molecule has 1 amide bonds. The van der Waals surface area contributed by atoms with Gasteiger partial charge < -0.3 is 10.1 Å². The van der Waals surface area contributed by atoms with Crippen LogP contribution in [0.25, 0.3) is 0 Å². The number of hydrogen-bond donors (Lipinski definition) is 1. The Bertz CT molecular complexity index is 566. The number of aryl methyl sites for hydroxylation is 1. The van der Waals surface area contributed by atoms with Crippen molar-refractivity contribution in [3.63, 3.8) is 0 Å². The fraction of sp³-hybridized carbons (Fsp3) is 0.278. The fourth-order valence-corrected chi connectivity index (χ4v) is 2.12. The molecule has 0 aliphatic rings. The summed E-state index contributed by atoms with van der Waals surface area (Å²) in [5, 5.41) is 2.87. The molecule has 2 aromatic rings. The van der Waals surface area contributed by atoms with Crippen molar-refractivity contribution in [1.29, 1.82) is 0 Å². The molecule has 0 bridgehead atoms. The van der Waals surface area contributed by atoms with Crippen LogP contribution in [0.15, 0.2) is 54.6 Å². The Labute approximate surface area is 126 Å². The first kappa shape index (κ1) is 15.1. The normalized spacial score (nSPS) is 10.1. The van der Waals surface area contributed by atoms with Gasteiger partial charge in [0.25, 0.3) is 5.91 Å². The Kier molecular flexibility index (Phi) is 5.83. The van der Waals surface area contributed by atoms with Gasteiger partial charge in [0.2, 0.25) is 0 Å². The molecule has 0 saturated heterocycles. The summed E-state index contributed by atoms with van der Waals surface area (Å²) >= 11 is 0. The standard InChI is InChI=1S/C18H21NO2/c1-2-16-10-6-7-11-17(16)21-14-18(20)19-13-12-15-8-4-3-5-9-15/h3-11H,2,12-14H2,1H3,(H,19,20). The van der Waals surface area contributed by atoms with Crippen molar-refractivity contribution in [3.05, 3.63) is 65.7 Å². The Balaban J connectivity index is 1.72. The van der Waals surface area contributed by atoms with Crippen LogP contribution >= 0.6 is 0 Å². The van der Waals surface area contributed by atoms with Crippen molar-refractivity contribution in [2.45, 2.75) is 19.8 Å². The maximum atomic E-state index is 11.8. The zero-order valence-corrected chi connectivity index (χ0v) is 12.3. The van der Waals surface area contributed by atoms with Crippen LogP contribution < -0.4 is 10.1 Å². The highest BCUT2D eigenvalue weighted by molar-refractivity contribution is 5.77. The van der Waals surface area contributed by atoms with E-state index in [-0.39, 0.29) is 12.5 Å². The first-order valence-electron chi connectivity index (χ1n) is 7.31. The lowest BCUT2D eigenvalue weighted by molar-refractivity contribution is -0.123. The highest BCUT2D eigenvalue weighted by Crippen LogP contribution is 2.17. The number of ether oxygens (including phenoxy) is 1. The molecular formula is C18H21NO2. The van der Waals surface area contributed by atoms with Gasteiger partial charge in [-0.05, 0) is 30.0 Å². The number of nitrogens with one attached hydrogen (secondary N) is 1. The maximum Gasteiger partial charge on any atom is 0.257 e. The van der Waals surface area contributed by atoms with Crippen LogP contribution in [-0.2, 0) is 17.6 Å². The first-order valence-corrected chi connectivity index (χ1v) is 7.31. The predicted octanol–water partition coefficient (Wildman–Crippen LogP) is 2.99. The quantitative estimate of drug-likeness (QED) is 0.848. The number of para-hydroxylation sites is 1. The molecule has 0 heterocycles. The number of hydrogen-bond acceptors (Lipinski definition) is 2. The second-order valence-corrected chi connectivity index (χ2v) is 4.84. The van der Waals surface area contributed by atoms with Crippen molar-refractivity contribution in [2.75, 3.05) is 13.2 Å². The van der Waals surface area contributed by atoms with Crippen molar-refractivity contribution in [3.8, 4) is 5.75 Å². The second kappa shape index (κ2) is 8.10. The van der Waals surface area contributed by atoms with E-state index in [1.54, 1.807) is 0 Å². The molecular weight excluding hydrogens is 262 g/mol. The van der Waals surface area contributed by atoms with Crippen molar-refractivity contribution in [2.24, 2.45) is 0 Å². The Morgan fingerprint density at radius 3 is 2.52 bits per heavy atom. The first-order chi connectivity index (χ1) is 10.3. The highest BCUT2D eigenvalue weighted by Gasteiger charge is 2.05. The molecule has 0 spiro atoms. The molecule has 0 atom stereocenters. The number of carbonyl (C=O) groups excluding carboxylic acids is 1. The van der Waals surface area contributed by atoms with E-state index < -0.39 is 0 Å². The smallest absolute Gasteiger partial charge is 0.257 e. The van der Waals surface area contributed by atoms with Crippen molar-refractivity contribution < 1.29 is 9.53 Å². The Morgan fingerprint density at radius 1 is 1.05 bits per heavy atom. The largest absolute Gasteiger partial charge is 0.483 e. The number of carbonyl (C=O) groups is 1. The van der Waals surface area contributed by atoms with Gasteiger partial charge in [0.15, 0.2) is 6.61 Å². The van der Waals surface area contributed by atoms with Gasteiger partial charge >= 0.3 is 0 Å². The average Bonchev–Trinajstić information content (AvgIpc) is 2.54. The van der Waals surface area contributed by atoms with Crippen LogP contribution in [0.1, 0.15) is 18.1 Å². The third-order valence-electron chi connectivity index (χ3n) is 3.29. The third-order valence-corrected chi connectivity index (χ3v) is 3.29. The summed E-state index contributed by atoms with van der Waals surface area (Å²) in [6.07, 6.45) is 1.73. The number of benzene rings is 2. The summed E-state index contributed by atoms with van der Waals surface area (Å²) in [5.74, 6) is 0.704. The van der Waals surface area contributed by atoms with E-state index in [9.17, 15) is 4.79 Å². The van der Waals surface area contributed by atoms with E-state index in [1.807, 2.05) is 42.5 Å². The SMILES string of the molecule is CCc1ccccc1OCC(=O)NCCc1ccccc1. The van der Waals surface area contributed by atoms with Gasteiger partial charge in [-0.25, -0.2) is 0 Å². The van der Waals surface area contributed by atoms with Crippen LogP contribution in [0.5, 0.6) is 5.75 Å². The van der Waals surface area contributed by atoms with Crippen LogP contribution in [-0.4, -0.2) is 19.1 Å². The van der Waals surface area contributed by atoms with E-state index in [1.165, 1.54) is 5.56 Å². The molecule has 3 nitrogen and oxygen atoms in total. The van der Waals surface area contributed by atoms with Gasteiger partial charge in [0.1, 0.15) is 5.75 Å². The third kappa shape index (κ3) is 4.95. The maximum absolute atomic E-state index is 11.8. The van der Waals surface area contributed by atoms with Crippen LogP contribution in [0, 0.1) is 0 Å². The van der Waals surface area contributed by atoms with Gasteiger partial charge in [-0.1, -0.05) is 55.5 Å². The van der Waals surface area contributed by atoms with Crippen LogP contribution in [0.2, 0.25) is 0 Å². The molecule has 0 aromatic heterocycles. The highest BCUT2D eigenvalue weighted by atomic mass is 16.5. The lowest BCUT2D eigenvalue weighted by Crippen LogP contribution is -2.30. The molecule has 2 aromatic carbocycles. The molecule has 1 N–H and O–H groups in total. The van der Waals surface area contributed by atoms with Crippen molar-refractivity contribution >= 4 is 5.91 Å². The van der Waals surface area contributed by atoms with Gasteiger partial charge in [-0.15, -0.1) is 0 Å². The minimum Gasteiger partial charge on any atom is -0.483 e. The molecule has 0 fully saturated rings. The number of rotatable bonds is 7. The Hall–Kier alpha value is -2.29. The topological polar surface area (TPSA) is 38.3 Å². The summed E-state index contributed by atoms with van der Waals surface area (Å²) < 4.78 is 5.58. The molecule has 3 heteroatoms. The van der Waals surface area contributed by atoms with E-state index in [2.05, 4.69) is 24.4 Å². The number of amides is 1. The van der Waals surface area contributed by atoms with Crippen LogP contribution in [0.4, 0.5) is 0 Å². The summed E-state index contributed by atoms with van der Waals surface area (Å²) in [5.41, 5.74) is 2.34. The lowest BCUT2D eigenvalue weighted by Gasteiger charge is -2.10. The monoisotopic (exact) mass is 283 g/mol. The zero-order chi connectivity index (χ0) is 14.9. The molecule has 21 heavy (non-hydrogen) atoms. The van der Waals surface area contributed by atoms with E-state index in [4.69, 9.17) is 4.74 Å². The molecule has 110 valence electrons. The van der Waals surface area contributed by atoms with E-state index >= 15 is 0 Å². The molecule has 0 aliphatic heterocycles. The summed E-state index contributed by atoms with van der Waals surface area (Å²) in [4.78, 5) is 11.8. The molecule has 2 rings (SSSR count). The van der Waals surface area contributed by atoms with Crippen molar-refractivity contribution in [1.82, 2.24) is 5.32 Å².